The summed E-state index contributed by atoms with van der Waals surface area (Å²) >= 11 is 7.50. The van der Waals surface area contributed by atoms with Gasteiger partial charge in [-0.15, -0.1) is 0 Å². The number of aryl methyl sites for hydroxylation is 2. The van der Waals surface area contributed by atoms with E-state index in [1.807, 2.05) is 19.9 Å². The molecule has 0 aliphatic rings. The van der Waals surface area contributed by atoms with E-state index < -0.39 is 0 Å². The number of nitrogens with one attached hydrogen (secondary N) is 1. The van der Waals surface area contributed by atoms with Crippen molar-refractivity contribution >= 4 is 49.9 Å². The van der Waals surface area contributed by atoms with Crippen molar-refractivity contribution < 1.29 is 9.53 Å². The zero-order chi connectivity index (χ0) is 17.4. The third kappa shape index (κ3) is 2.90. The second-order valence-corrected chi connectivity index (χ2v) is 6.84. The Morgan fingerprint density at radius 1 is 1.33 bits per heavy atom. The molecule has 0 bridgehead atoms. The Bertz CT molecular complexity index is 953. The number of halogens is 1. The van der Waals surface area contributed by atoms with Crippen LogP contribution < -0.4 is 15.8 Å². The number of nitrogens with two attached hydrogens (primary N) is 1. The van der Waals surface area contributed by atoms with Gasteiger partial charge in [-0.3, -0.25) is 4.79 Å². The molecule has 0 fully saturated rings. The van der Waals surface area contributed by atoms with Crippen molar-refractivity contribution in [3.8, 4) is 5.75 Å². The Balaban J connectivity index is 1.97. The molecule has 124 valence electrons. The molecule has 0 saturated heterocycles. The highest BCUT2D eigenvalue weighted by Gasteiger charge is 2.15. The molecule has 3 N–H and O–H groups in total. The van der Waals surface area contributed by atoms with E-state index in [0.29, 0.717) is 21.5 Å². The van der Waals surface area contributed by atoms with Crippen molar-refractivity contribution in [1.29, 1.82) is 0 Å². The van der Waals surface area contributed by atoms with Gasteiger partial charge >= 0.3 is 0 Å². The summed E-state index contributed by atoms with van der Waals surface area (Å²) in [5.74, 6) is 0.296. The molecule has 3 rings (SSSR count). The number of methoxy groups -OCH3 is 1. The number of carbonyl (C=O) groups excluding carboxylic acids is 1. The standard InChI is InChI=1S/C17H16ClN3O2S/c1-8-6-12-15(24-17(19)20-12)9(2)14(8)21-16(22)10-4-5-13(23-3)11(18)7-10/h4-7H,1-3H3,(H2,19,20)(H,21,22). The van der Waals surface area contributed by atoms with Gasteiger partial charge in [-0.1, -0.05) is 22.9 Å². The van der Waals surface area contributed by atoms with Crippen LogP contribution in [-0.4, -0.2) is 18.0 Å². The van der Waals surface area contributed by atoms with Gasteiger partial charge in [0.25, 0.3) is 5.91 Å². The molecule has 1 amide bonds. The molecule has 1 aromatic heterocycles. The molecule has 1 heterocycles. The van der Waals surface area contributed by atoms with E-state index in [1.54, 1.807) is 18.2 Å². The monoisotopic (exact) mass is 361 g/mol. The summed E-state index contributed by atoms with van der Waals surface area (Å²) in [5, 5.41) is 3.87. The van der Waals surface area contributed by atoms with E-state index in [9.17, 15) is 4.79 Å². The summed E-state index contributed by atoms with van der Waals surface area (Å²) in [4.78, 5) is 16.9. The molecule has 0 aliphatic heterocycles. The summed E-state index contributed by atoms with van der Waals surface area (Å²) in [7, 11) is 1.53. The van der Waals surface area contributed by atoms with E-state index in [1.165, 1.54) is 18.4 Å². The van der Waals surface area contributed by atoms with Gasteiger partial charge in [0.2, 0.25) is 0 Å². The Labute approximate surface area is 148 Å². The van der Waals surface area contributed by atoms with Crippen molar-refractivity contribution in [2.24, 2.45) is 0 Å². The number of rotatable bonds is 3. The lowest BCUT2D eigenvalue weighted by Gasteiger charge is -2.13. The third-order valence-corrected chi connectivity index (χ3v) is 5.10. The molecule has 5 nitrogen and oxygen atoms in total. The number of carbonyl (C=O) groups is 1. The number of aromatic nitrogens is 1. The van der Waals surface area contributed by atoms with E-state index >= 15 is 0 Å². The third-order valence-electron chi connectivity index (χ3n) is 3.79. The van der Waals surface area contributed by atoms with Crippen LogP contribution in [0.15, 0.2) is 24.3 Å². The first-order chi connectivity index (χ1) is 11.4. The minimum absolute atomic E-state index is 0.234. The predicted octanol–water partition coefficient (Wildman–Crippen LogP) is 4.41. The minimum Gasteiger partial charge on any atom is -0.495 e. The number of anilines is 2. The van der Waals surface area contributed by atoms with Gasteiger partial charge in [0.15, 0.2) is 5.13 Å². The number of fused-ring (bicyclic) bond motifs is 1. The van der Waals surface area contributed by atoms with Crippen molar-refractivity contribution in [1.82, 2.24) is 4.98 Å². The van der Waals surface area contributed by atoms with E-state index in [4.69, 9.17) is 22.1 Å². The highest BCUT2D eigenvalue weighted by molar-refractivity contribution is 7.22. The van der Waals surface area contributed by atoms with E-state index in [-0.39, 0.29) is 5.91 Å². The molecular weight excluding hydrogens is 346 g/mol. The largest absolute Gasteiger partial charge is 0.495 e. The van der Waals surface area contributed by atoms with Crippen LogP contribution in [-0.2, 0) is 0 Å². The lowest BCUT2D eigenvalue weighted by Crippen LogP contribution is -2.14. The van der Waals surface area contributed by atoms with Crippen LogP contribution in [0.25, 0.3) is 10.2 Å². The quantitative estimate of drug-likeness (QED) is 0.724. The Kier molecular flexibility index (Phi) is 4.34. The first kappa shape index (κ1) is 16.5. The number of hydrogen-bond acceptors (Lipinski definition) is 5. The fraction of sp³-hybridized carbons (Fsp3) is 0.176. The van der Waals surface area contributed by atoms with E-state index in [2.05, 4.69) is 10.3 Å². The topological polar surface area (TPSA) is 77.2 Å². The molecule has 0 spiro atoms. The first-order valence-corrected chi connectivity index (χ1v) is 8.41. The fourth-order valence-electron chi connectivity index (χ4n) is 2.59. The van der Waals surface area contributed by atoms with Crippen LogP contribution >= 0.6 is 22.9 Å². The predicted molar refractivity (Wildman–Crippen MR) is 99.5 cm³/mol. The summed E-state index contributed by atoms with van der Waals surface area (Å²) in [6.07, 6.45) is 0. The number of nitrogen functional groups attached to an aromatic ring is 1. The van der Waals surface area contributed by atoms with Crippen molar-refractivity contribution in [3.05, 3.63) is 46.0 Å². The van der Waals surface area contributed by atoms with Gasteiger partial charge < -0.3 is 15.8 Å². The Morgan fingerprint density at radius 3 is 2.75 bits per heavy atom. The molecule has 0 unspecified atom stereocenters. The summed E-state index contributed by atoms with van der Waals surface area (Å²) in [6, 6.07) is 6.85. The second kappa shape index (κ2) is 6.30. The van der Waals surface area contributed by atoms with Gasteiger partial charge in [0, 0.05) is 11.3 Å². The molecule has 0 saturated carbocycles. The molecule has 2 aromatic carbocycles. The average molecular weight is 362 g/mol. The highest BCUT2D eigenvalue weighted by Crippen LogP contribution is 2.34. The normalized spacial score (nSPS) is 10.8. The van der Waals surface area contributed by atoms with Gasteiger partial charge in [-0.05, 0) is 49.2 Å². The summed E-state index contributed by atoms with van der Waals surface area (Å²) in [5.41, 5.74) is 9.74. The molecule has 0 aliphatic carbocycles. The molecular formula is C17H16ClN3O2S. The minimum atomic E-state index is -0.234. The molecule has 7 heteroatoms. The maximum atomic E-state index is 12.6. The lowest BCUT2D eigenvalue weighted by molar-refractivity contribution is 0.102. The van der Waals surface area contributed by atoms with Crippen molar-refractivity contribution in [3.63, 3.8) is 0 Å². The Morgan fingerprint density at radius 2 is 2.08 bits per heavy atom. The summed E-state index contributed by atoms with van der Waals surface area (Å²) in [6.45, 7) is 3.88. The summed E-state index contributed by atoms with van der Waals surface area (Å²) < 4.78 is 6.08. The van der Waals surface area contributed by atoms with Crippen LogP contribution in [0.2, 0.25) is 5.02 Å². The lowest BCUT2D eigenvalue weighted by atomic mass is 10.1. The number of benzene rings is 2. The van der Waals surface area contributed by atoms with Gasteiger partial charge in [-0.25, -0.2) is 4.98 Å². The van der Waals surface area contributed by atoms with E-state index in [0.717, 1.165) is 27.0 Å². The maximum Gasteiger partial charge on any atom is 0.255 e. The SMILES string of the molecule is COc1ccc(C(=O)Nc2c(C)cc3nc(N)sc3c2C)cc1Cl. The number of hydrogen-bond donors (Lipinski definition) is 2. The molecule has 3 aromatic rings. The number of amides is 1. The molecule has 0 atom stereocenters. The smallest absolute Gasteiger partial charge is 0.255 e. The zero-order valence-electron chi connectivity index (χ0n) is 13.4. The van der Waals surface area contributed by atoms with Crippen LogP contribution in [0.3, 0.4) is 0 Å². The molecule has 0 radical (unpaired) electrons. The number of thiazole rings is 1. The first-order valence-electron chi connectivity index (χ1n) is 7.21. The Hall–Kier alpha value is -2.31. The van der Waals surface area contributed by atoms with Crippen LogP contribution in [0.1, 0.15) is 21.5 Å². The average Bonchev–Trinajstić information content (AvgIpc) is 2.91. The fourth-order valence-corrected chi connectivity index (χ4v) is 3.66. The highest BCUT2D eigenvalue weighted by atomic mass is 35.5. The zero-order valence-corrected chi connectivity index (χ0v) is 15.0. The molecule has 24 heavy (non-hydrogen) atoms. The van der Waals surface area contributed by atoms with Crippen LogP contribution in [0, 0.1) is 13.8 Å². The number of nitrogens with zero attached hydrogens (tertiary/aromatic N) is 1. The van der Waals surface area contributed by atoms with Crippen molar-refractivity contribution in [2.45, 2.75) is 13.8 Å². The van der Waals surface area contributed by atoms with Gasteiger partial charge in [0.1, 0.15) is 5.75 Å². The van der Waals surface area contributed by atoms with Crippen LogP contribution in [0.5, 0.6) is 5.75 Å². The van der Waals surface area contributed by atoms with Gasteiger partial charge in [0.05, 0.1) is 22.3 Å². The van der Waals surface area contributed by atoms with Crippen molar-refractivity contribution in [2.75, 3.05) is 18.2 Å². The van der Waals surface area contributed by atoms with Crippen LogP contribution in [0.4, 0.5) is 10.8 Å². The maximum absolute atomic E-state index is 12.6. The second-order valence-electron chi connectivity index (χ2n) is 5.40. The van der Waals surface area contributed by atoms with Gasteiger partial charge in [-0.2, -0.15) is 0 Å². The number of ether oxygens (including phenoxy) is 1.